The van der Waals surface area contributed by atoms with E-state index in [0.29, 0.717) is 5.56 Å². The molecular weight excluding hydrogens is 401 g/mol. The number of aliphatic hydroxyl groups is 1. The molecule has 0 fully saturated rings. The lowest BCUT2D eigenvalue weighted by Crippen LogP contribution is -2.46. The molecule has 2 unspecified atom stereocenters. The molecule has 1 amide bonds. The fourth-order valence-electron chi connectivity index (χ4n) is 2.55. The van der Waals surface area contributed by atoms with Crippen LogP contribution in [0.25, 0.3) is 0 Å². The molecule has 0 bridgehead atoms. The van der Waals surface area contributed by atoms with Crippen LogP contribution in [-0.4, -0.2) is 25.6 Å². The summed E-state index contributed by atoms with van der Waals surface area (Å²) in [6.45, 7) is 2.85. The number of sulfonamides is 1. The van der Waals surface area contributed by atoms with Gasteiger partial charge in [0, 0.05) is 0 Å². The van der Waals surface area contributed by atoms with Gasteiger partial charge in [-0.2, -0.15) is 13.2 Å². The Balaban J connectivity index is 2.22. The van der Waals surface area contributed by atoms with E-state index < -0.39 is 45.9 Å². The number of nitrogens with two attached hydrogens (primary N) is 1. The molecular formula is C17H19F3N2O5S. The highest BCUT2D eigenvalue weighted by atomic mass is 32.2. The largest absolute Gasteiger partial charge is 0.463 e. The Morgan fingerprint density at radius 1 is 1.29 bits per heavy atom. The third-order valence-corrected chi connectivity index (χ3v) is 5.01. The maximum absolute atomic E-state index is 13.4. The van der Waals surface area contributed by atoms with Crippen LogP contribution in [0.15, 0.2) is 45.7 Å². The van der Waals surface area contributed by atoms with Crippen molar-refractivity contribution in [3.8, 4) is 0 Å². The number of benzene rings is 1. The van der Waals surface area contributed by atoms with Crippen molar-refractivity contribution in [3.05, 3.63) is 53.5 Å². The van der Waals surface area contributed by atoms with Gasteiger partial charge in [0.1, 0.15) is 11.5 Å². The molecule has 11 heteroatoms. The van der Waals surface area contributed by atoms with Crippen LogP contribution >= 0.6 is 0 Å². The highest BCUT2D eigenvalue weighted by molar-refractivity contribution is 7.89. The van der Waals surface area contributed by atoms with Crippen molar-refractivity contribution < 1.29 is 35.9 Å². The first-order valence-corrected chi connectivity index (χ1v) is 9.57. The van der Waals surface area contributed by atoms with E-state index >= 15 is 0 Å². The molecule has 0 aliphatic carbocycles. The zero-order valence-electron chi connectivity index (χ0n) is 14.9. The predicted molar refractivity (Wildman–Crippen MR) is 92.4 cm³/mol. The molecule has 28 heavy (non-hydrogen) atoms. The van der Waals surface area contributed by atoms with Crippen molar-refractivity contribution in [2.24, 2.45) is 5.14 Å². The summed E-state index contributed by atoms with van der Waals surface area (Å²) in [6.07, 6.45) is -6.49. The highest BCUT2D eigenvalue weighted by Gasteiger charge is 2.58. The number of aryl methyl sites for hydroxylation is 1. The number of hydrogen-bond acceptors (Lipinski definition) is 5. The summed E-state index contributed by atoms with van der Waals surface area (Å²) < 4.78 is 68.0. The van der Waals surface area contributed by atoms with Crippen LogP contribution < -0.4 is 10.5 Å². The SMILES string of the molecule is Cc1ccc(C(O)(CC(=O)NC(C)c2cccc(S(N)(=O)=O)c2)C(F)(F)F)o1. The average molecular weight is 420 g/mol. The number of carbonyl (C=O) groups is 1. The number of alkyl halides is 3. The Morgan fingerprint density at radius 3 is 2.43 bits per heavy atom. The molecule has 2 rings (SSSR count). The Hall–Kier alpha value is -2.37. The second-order valence-electron chi connectivity index (χ2n) is 6.35. The molecule has 0 saturated carbocycles. The normalized spacial score (nSPS) is 15.7. The standard InChI is InChI=1S/C17H19F3N2O5S/c1-10-6-7-14(27-10)16(24,17(18,19)20)9-15(23)22-11(2)12-4-3-5-13(8-12)28(21,25)26/h3-8,11,24H,9H2,1-2H3,(H,22,23)(H2,21,25,26). The fraction of sp³-hybridized carbons (Fsp3) is 0.353. The van der Waals surface area contributed by atoms with Gasteiger partial charge in [-0.05, 0) is 43.7 Å². The maximum Gasteiger partial charge on any atom is 0.425 e. The summed E-state index contributed by atoms with van der Waals surface area (Å²) in [5, 5.41) is 17.5. The van der Waals surface area contributed by atoms with Gasteiger partial charge in [0.25, 0.3) is 0 Å². The van der Waals surface area contributed by atoms with Gasteiger partial charge in [0.2, 0.25) is 21.5 Å². The molecule has 0 aliphatic rings. The summed E-state index contributed by atoms with van der Waals surface area (Å²) in [6, 6.07) is 6.66. The second-order valence-corrected chi connectivity index (χ2v) is 7.91. The van der Waals surface area contributed by atoms with Gasteiger partial charge >= 0.3 is 6.18 Å². The van der Waals surface area contributed by atoms with Crippen molar-refractivity contribution >= 4 is 15.9 Å². The van der Waals surface area contributed by atoms with Crippen LogP contribution in [0.2, 0.25) is 0 Å². The van der Waals surface area contributed by atoms with E-state index in [0.717, 1.165) is 6.07 Å². The van der Waals surface area contributed by atoms with Crippen molar-refractivity contribution in [3.63, 3.8) is 0 Å². The first-order valence-electron chi connectivity index (χ1n) is 8.02. The smallest absolute Gasteiger partial charge is 0.425 e. The van der Waals surface area contributed by atoms with Gasteiger partial charge in [-0.1, -0.05) is 12.1 Å². The zero-order valence-corrected chi connectivity index (χ0v) is 15.8. The Morgan fingerprint density at radius 2 is 1.93 bits per heavy atom. The van der Waals surface area contributed by atoms with Gasteiger partial charge in [0.05, 0.1) is 17.4 Å². The molecule has 4 N–H and O–H groups in total. The third kappa shape index (κ3) is 4.72. The van der Waals surface area contributed by atoms with Crippen LogP contribution in [0.5, 0.6) is 0 Å². The lowest BCUT2D eigenvalue weighted by Gasteiger charge is -2.28. The first-order chi connectivity index (χ1) is 12.7. The molecule has 154 valence electrons. The van der Waals surface area contributed by atoms with Gasteiger partial charge in [0.15, 0.2) is 0 Å². The van der Waals surface area contributed by atoms with E-state index in [1.807, 2.05) is 0 Å². The maximum atomic E-state index is 13.4. The van der Waals surface area contributed by atoms with Crippen molar-refractivity contribution in [1.82, 2.24) is 5.32 Å². The number of primary sulfonamides is 1. The van der Waals surface area contributed by atoms with Crippen LogP contribution in [0, 0.1) is 6.92 Å². The minimum absolute atomic E-state index is 0.145. The topological polar surface area (TPSA) is 123 Å². The number of rotatable bonds is 6. The average Bonchev–Trinajstić information content (AvgIpc) is 3.00. The number of furan rings is 1. The Kier molecular flexibility index (Phi) is 5.93. The minimum Gasteiger partial charge on any atom is -0.463 e. The van der Waals surface area contributed by atoms with Crippen LogP contribution in [0.4, 0.5) is 13.2 Å². The number of halogens is 3. The van der Waals surface area contributed by atoms with E-state index in [9.17, 15) is 31.5 Å². The number of nitrogens with one attached hydrogen (secondary N) is 1. The highest BCUT2D eigenvalue weighted by Crippen LogP contribution is 2.42. The minimum atomic E-state index is -5.16. The predicted octanol–water partition coefficient (Wildman–Crippen LogP) is 2.25. The lowest BCUT2D eigenvalue weighted by atomic mass is 9.95. The van der Waals surface area contributed by atoms with E-state index in [-0.39, 0.29) is 10.7 Å². The summed E-state index contributed by atoms with van der Waals surface area (Å²) in [5.74, 6) is -1.76. The van der Waals surface area contributed by atoms with Crippen LogP contribution in [0.3, 0.4) is 0 Å². The number of amides is 1. The molecule has 0 saturated heterocycles. The Labute approximate surface area is 159 Å². The zero-order chi connectivity index (χ0) is 21.3. The number of carbonyl (C=O) groups excluding carboxylic acids is 1. The van der Waals surface area contributed by atoms with E-state index in [1.165, 1.54) is 44.2 Å². The number of hydrogen-bond donors (Lipinski definition) is 3. The first kappa shape index (κ1) is 21.9. The van der Waals surface area contributed by atoms with E-state index in [1.54, 1.807) is 0 Å². The quantitative estimate of drug-likeness (QED) is 0.662. The molecule has 2 aromatic rings. The van der Waals surface area contributed by atoms with Crippen molar-refractivity contribution in [1.29, 1.82) is 0 Å². The molecule has 0 spiro atoms. The summed E-state index contributed by atoms with van der Waals surface area (Å²) >= 11 is 0. The fourth-order valence-corrected chi connectivity index (χ4v) is 3.12. The van der Waals surface area contributed by atoms with Crippen molar-refractivity contribution in [2.75, 3.05) is 0 Å². The van der Waals surface area contributed by atoms with Crippen LogP contribution in [0.1, 0.15) is 36.5 Å². The third-order valence-electron chi connectivity index (χ3n) is 4.10. The Bertz CT molecular complexity index is 971. The van der Waals surface area contributed by atoms with Gasteiger partial charge in [-0.15, -0.1) is 0 Å². The van der Waals surface area contributed by atoms with Crippen LogP contribution in [-0.2, 0) is 20.4 Å². The van der Waals surface area contributed by atoms with Gasteiger partial charge < -0.3 is 14.8 Å². The molecule has 0 radical (unpaired) electrons. The summed E-state index contributed by atoms with van der Waals surface area (Å²) in [7, 11) is -3.98. The second kappa shape index (κ2) is 7.57. The van der Waals surface area contributed by atoms with E-state index in [2.05, 4.69) is 5.32 Å². The molecule has 7 nitrogen and oxygen atoms in total. The lowest BCUT2D eigenvalue weighted by molar-refractivity contribution is -0.273. The molecule has 1 aromatic heterocycles. The van der Waals surface area contributed by atoms with Gasteiger partial charge in [-0.25, -0.2) is 13.6 Å². The van der Waals surface area contributed by atoms with Crippen molar-refractivity contribution in [2.45, 2.75) is 43.0 Å². The molecule has 2 atom stereocenters. The molecule has 1 aromatic carbocycles. The summed E-state index contributed by atoms with van der Waals surface area (Å²) in [4.78, 5) is 12.0. The molecule has 1 heterocycles. The monoisotopic (exact) mass is 420 g/mol. The molecule has 0 aliphatic heterocycles. The van der Waals surface area contributed by atoms with Gasteiger partial charge in [-0.3, -0.25) is 4.79 Å². The summed E-state index contributed by atoms with van der Waals surface area (Å²) in [5.41, 5.74) is -3.20. The van der Waals surface area contributed by atoms with E-state index in [4.69, 9.17) is 9.56 Å².